The molecule has 1 unspecified atom stereocenters. The summed E-state index contributed by atoms with van der Waals surface area (Å²) in [6.07, 6.45) is 7.72. The fraction of sp³-hybridized carbons (Fsp3) is 0.824. The van der Waals surface area contributed by atoms with E-state index in [2.05, 4.69) is 49.0 Å². The van der Waals surface area contributed by atoms with Gasteiger partial charge >= 0.3 is 0 Å². The number of nitrogens with one attached hydrogen (secondary N) is 1. The summed E-state index contributed by atoms with van der Waals surface area (Å²) in [5.41, 5.74) is 2.64. The van der Waals surface area contributed by atoms with Crippen LogP contribution in [0.25, 0.3) is 0 Å². The molecule has 0 aromatic carbocycles. The van der Waals surface area contributed by atoms with E-state index in [0.717, 1.165) is 31.2 Å². The molecule has 114 valence electrons. The van der Waals surface area contributed by atoms with Gasteiger partial charge in [-0.15, -0.1) is 0 Å². The summed E-state index contributed by atoms with van der Waals surface area (Å²) >= 11 is 0. The SMILES string of the molecule is CCc1cc(CC(NC)C2CCC(C)CC2)n(CC)n1. The molecule has 0 aliphatic heterocycles. The molecule has 1 atom stereocenters. The molecule has 3 nitrogen and oxygen atoms in total. The lowest BCUT2D eigenvalue weighted by Crippen LogP contribution is -2.38. The first kappa shape index (κ1) is 15.6. The van der Waals surface area contributed by atoms with Crippen LogP contribution in [0.2, 0.25) is 0 Å². The first-order valence-corrected chi connectivity index (χ1v) is 8.40. The van der Waals surface area contributed by atoms with Crippen LogP contribution in [0.15, 0.2) is 6.07 Å². The minimum atomic E-state index is 0.606. The molecule has 0 amide bonds. The average molecular weight is 277 g/mol. The molecular formula is C17H31N3. The topological polar surface area (TPSA) is 29.9 Å². The predicted octanol–water partition coefficient (Wildman–Crippen LogP) is 3.42. The molecule has 2 rings (SSSR count). The molecule has 1 aromatic rings. The van der Waals surface area contributed by atoms with Crippen LogP contribution in [0.3, 0.4) is 0 Å². The number of likely N-dealkylation sites (N-methyl/N-ethyl adjacent to an activating group) is 1. The first-order valence-electron chi connectivity index (χ1n) is 8.40. The predicted molar refractivity (Wildman–Crippen MR) is 85.0 cm³/mol. The van der Waals surface area contributed by atoms with Gasteiger partial charge in [0.2, 0.25) is 0 Å². The summed E-state index contributed by atoms with van der Waals surface area (Å²) in [5, 5.41) is 8.25. The van der Waals surface area contributed by atoms with E-state index in [-0.39, 0.29) is 0 Å². The number of rotatable bonds is 6. The summed E-state index contributed by atoms with van der Waals surface area (Å²) in [4.78, 5) is 0. The lowest BCUT2D eigenvalue weighted by Gasteiger charge is -2.32. The molecule has 1 aliphatic rings. The van der Waals surface area contributed by atoms with Gasteiger partial charge in [0.25, 0.3) is 0 Å². The van der Waals surface area contributed by atoms with E-state index in [1.807, 2.05) is 0 Å². The van der Waals surface area contributed by atoms with Crippen molar-refractivity contribution in [2.45, 2.75) is 71.9 Å². The van der Waals surface area contributed by atoms with E-state index in [1.54, 1.807) is 0 Å². The molecule has 20 heavy (non-hydrogen) atoms. The molecule has 3 heteroatoms. The molecule has 0 bridgehead atoms. The molecule has 0 radical (unpaired) electrons. The Morgan fingerprint density at radius 3 is 2.55 bits per heavy atom. The van der Waals surface area contributed by atoms with Gasteiger partial charge in [0, 0.05) is 24.7 Å². The second-order valence-corrected chi connectivity index (χ2v) is 6.42. The maximum absolute atomic E-state index is 4.68. The van der Waals surface area contributed by atoms with Gasteiger partial charge in [0.05, 0.1) is 5.69 Å². The van der Waals surface area contributed by atoms with Gasteiger partial charge in [-0.25, -0.2) is 0 Å². The maximum Gasteiger partial charge on any atom is 0.0624 e. The lowest BCUT2D eigenvalue weighted by molar-refractivity contribution is 0.233. The minimum Gasteiger partial charge on any atom is -0.316 e. The van der Waals surface area contributed by atoms with Crippen LogP contribution >= 0.6 is 0 Å². The summed E-state index contributed by atoms with van der Waals surface area (Å²) in [6, 6.07) is 2.91. The molecule has 1 N–H and O–H groups in total. The standard InChI is InChI=1S/C17H31N3/c1-5-15-11-16(20(6-2)19-15)12-17(18-4)14-9-7-13(3)8-10-14/h11,13-14,17-18H,5-10,12H2,1-4H3. The van der Waals surface area contributed by atoms with Crippen molar-refractivity contribution in [3.05, 3.63) is 17.5 Å². The summed E-state index contributed by atoms with van der Waals surface area (Å²) in [7, 11) is 2.12. The zero-order valence-corrected chi connectivity index (χ0v) is 13.7. The highest BCUT2D eigenvalue weighted by molar-refractivity contribution is 5.12. The van der Waals surface area contributed by atoms with Crippen molar-refractivity contribution in [2.24, 2.45) is 11.8 Å². The molecular weight excluding hydrogens is 246 g/mol. The fourth-order valence-electron chi connectivity index (χ4n) is 3.54. The Morgan fingerprint density at radius 1 is 1.30 bits per heavy atom. The summed E-state index contributed by atoms with van der Waals surface area (Å²) in [6.45, 7) is 7.74. The van der Waals surface area contributed by atoms with Crippen LogP contribution in [0.1, 0.15) is 57.8 Å². The van der Waals surface area contributed by atoms with Gasteiger partial charge in [-0.1, -0.05) is 26.7 Å². The first-order chi connectivity index (χ1) is 9.67. The Kier molecular flexibility index (Phi) is 5.64. The maximum atomic E-state index is 4.68. The number of nitrogens with zero attached hydrogens (tertiary/aromatic N) is 2. The van der Waals surface area contributed by atoms with Crippen LogP contribution in [-0.2, 0) is 19.4 Å². The van der Waals surface area contributed by atoms with Crippen LogP contribution < -0.4 is 5.32 Å². The second-order valence-electron chi connectivity index (χ2n) is 6.42. The van der Waals surface area contributed by atoms with Gasteiger partial charge < -0.3 is 5.32 Å². The van der Waals surface area contributed by atoms with Gasteiger partial charge in [0.1, 0.15) is 0 Å². The zero-order valence-electron chi connectivity index (χ0n) is 13.7. The molecule has 0 spiro atoms. The summed E-state index contributed by atoms with van der Waals surface area (Å²) < 4.78 is 2.19. The normalized spacial score (nSPS) is 24.8. The number of hydrogen-bond acceptors (Lipinski definition) is 2. The number of hydrogen-bond donors (Lipinski definition) is 1. The van der Waals surface area contributed by atoms with Crippen molar-refractivity contribution in [3.63, 3.8) is 0 Å². The van der Waals surface area contributed by atoms with E-state index in [1.165, 1.54) is 37.1 Å². The van der Waals surface area contributed by atoms with E-state index in [9.17, 15) is 0 Å². The highest BCUT2D eigenvalue weighted by atomic mass is 15.3. The highest BCUT2D eigenvalue weighted by Crippen LogP contribution is 2.31. The van der Waals surface area contributed by atoms with E-state index in [0.29, 0.717) is 6.04 Å². The molecule has 1 heterocycles. The van der Waals surface area contributed by atoms with Crippen LogP contribution in [-0.4, -0.2) is 22.9 Å². The molecule has 1 aliphatic carbocycles. The lowest BCUT2D eigenvalue weighted by atomic mass is 9.78. The van der Waals surface area contributed by atoms with E-state index in [4.69, 9.17) is 0 Å². The monoisotopic (exact) mass is 277 g/mol. The second kappa shape index (κ2) is 7.26. The minimum absolute atomic E-state index is 0.606. The molecule has 1 saturated carbocycles. The van der Waals surface area contributed by atoms with Crippen molar-refractivity contribution < 1.29 is 0 Å². The summed E-state index contributed by atoms with van der Waals surface area (Å²) in [5.74, 6) is 1.76. The Morgan fingerprint density at radius 2 is 2.00 bits per heavy atom. The van der Waals surface area contributed by atoms with Crippen molar-refractivity contribution in [1.29, 1.82) is 0 Å². The Balaban J connectivity index is 2.04. The third-order valence-corrected chi connectivity index (χ3v) is 5.01. The Bertz CT molecular complexity index is 402. The Hall–Kier alpha value is -0.830. The van der Waals surface area contributed by atoms with E-state index >= 15 is 0 Å². The number of aryl methyl sites for hydroxylation is 2. The van der Waals surface area contributed by atoms with Gasteiger partial charge in [0.15, 0.2) is 0 Å². The molecule has 1 fully saturated rings. The van der Waals surface area contributed by atoms with Crippen LogP contribution in [0.4, 0.5) is 0 Å². The fourth-order valence-corrected chi connectivity index (χ4v) is 3.54. The van der Waals surface area contributed by atoms with Crippen molar-refractivity contribution in [2.75, 3.05) is 7.05 Å². The van der Waals surface area contributed by atoms with Crippen LogP contribution in [0, 0.1) is 11.8 Å². The smallest absolute Gasteiger partial charge is 0.0624 e. The molecule has 0 saturated heterocycles. The zero-order chi connectivity index (χ0) is 14.5. The third kappa shape index (κ3) is 3.63. The van der Waals surface area contributed by atoms with Crippen molar-refractivity contribution in [3.8, 4) is 0 Å². The van der Waals surface area contributed by atoms with Gasteiger partial charge in [-0.05, 0) is 51.1 Å². The van der Waals surface area contributed by atoms with Crippen molar-refractivity contribution >= 4 is 0 Å². The largest absolute Gasteiger partial charge is 0.316 e. The molecule has 1 aromatic heterocycles. The third-order valence-electron chi connectivity index (χ3n) is 5.01. The Labute approximate surface area is 124 Å². The van der Waals surface area contributed by atoms with Gasteiger partial charge in [-0.2, -0.15) is 5.10 Å². The number of aromatic nitrogens is 2. The van der Waals surface area contributed by atoms with E-state index < -0.39 is 0 Å². The quantitative estimate of drug-likeness (QED) is 0.863. The highest BCUT2D eigenvalue weighted by Gasteiger charge is 2.26. The van der Waals surface area contributed by atoms with Crippen LogP contribution in [0.5, 0.6) is 0 Å². The van der Waals surface area contributed by atoms with Gasteiger partial charge in [-0.3, -0.25) is 4.68 Å². The van der Waals surface area contributed by atoms with Crippen molar-refractivity contribution in [1.82, 2.24) is 15.1 Å². The average Bonchev–Trinajstić information content (AvgIpc) is 2.88.